The van der Waals surface area contributed by atoms with Crippen molar-refractivity contribution >= 4 is 17.7 Å². The minimum absolute atomic E-state index is 0.0133. The third kappa shape index (κ3) is 3.88. The van der Waals surface area contributed by atoms with Gasteiger partial charge in [-0.05, 0) is 31.0 Å². The lowest BCUT2D eigenvalue weighted by Gasteiger charge is -2.28. The summed E-state index contributed by atoms with van der Waals surface area (Å²) in [7, 11) is 3.78. The van der Waals surface area contributed by atoms with Crippen LogP contribution in [0.1, 0.15) is 43.5 Å². The van der Waals surface area contributed by atoms with Crippen LogP contribution in [0.2, 0.25) is 0 Å². The van der Waals surface area contributed by atoms with Gasteiger partial charge in [0.25, 0.3) is 5.91 Å². The fraction of sp³-hybridized carbons (Fsp3) is 0.619. The summed E-state index contributed by atoms with van der Waals surface area (Å²) in [5, 5.41) is 0. The Balaban J connectivity index is 0.00000109. The van der Waals surface area contributed by atoms with E-state index in [4.69, 9.17) is 9.47 Å². The van der Waals surface area contributed by atoms with E-state index in [1.165, 1.54) is 0 Å². The van der Waals surface area contributed by atoms with Gasteiger partial charge in [-0.3, -0.25) is 4.79 Å². The second-order valence-corrected chi connectivity index (χ2v) is 7.51. The number of carbonyl (C=O) groups is 2. The molecule has 1 spiro atoms. The highest BCUT2D eigenvalue weighted by Gasteiger charge is 2.44. The Labute approximate surface area is 167 Å². The molecule has 2 fully saturated rings. The molecule has 1 aromatic carbocycles. The van der Waals surface area contributed by atoms with Gasteiger partial charge in [0.1, 0.15) is 18.0 Å². The first-order valence-electron chi connectivity index (χ1n) is 10.2. The second kappa shape index (κ2) is 8.29. The summed E-state index contributed by atoms with van der Waals surface area (Å²) in [6.45, 7) is 7.36. The maximum atomic E-state index is 13.0. The molecule has 154 valence electrons. The van der Waals surface area contributed by atoms with Gasteiger partial charge in [0, 0.05) is 39.2 Å². The number of fused-ring (bicyclic) bond motifs is 1. The number of likely N-dealkylation sites (N-methyl/N-ethyl adjacent to an activating group) is 2. The highest BCUT2D eigenvalue weighted by Crippen LogP contribution is 2.34. The highest BCUT2D eigenvalue weighted by atomic mass is 16.6. The van der Waals surface area contributed by atoms with Gasteiger partial charge in [0.15, 0.2) is 0 Å². The molecule has 0 radical (unpaired) electrons. The minimum atomic E-state index is -0.442. The molecule has 4 rings (SSSR count). The number of hydrogen-bond acceptors (Lipinski definition) is 5. The standard InChI is InChI=1S/C19H25N3O4.C2H6/c1-20-10-11-25-16-12-14(4-5-15(16)20)17(23)22-8-3-6-19(7-9-22)13-21(2)18(24)26-19;1-2/h4-5,12H,3,6-11,13H2,1-2H3;1-2H3. The van der Waals surface area contributed by atoms with Crippen LogP contribution in [0.3, 0.4) is 0 Å². The summed E-state index contributed by atoms with van der Waals surface area (Å²) >= 11 is 0. The zero-order valence-electron chi connectivity index (χ0n) is 17.4. The Kier molecular flexibility index (Phi) is 6.01. The number of hydrogen-bond donors (Lipinski definition) is 0. The molecule has 28 heavy (non-hydrogen) atoms. The molecule has 0 saturated carbocycles. The average Bonchev–Trinajstić information content (AvgIpc) is 2.86. The Bertz CT molecular complexity index is 738. The van der Waals surface area contributed by atoms with Crippen LogP contribution in [0.4, 0.5) is 10.5 Å². The van der Waals surface area contributed by atoms with Gasteiger partial charge < -0.3 is 24.2 Å². The Morgan fingerprint density at radius 2 is 1.86 bits per heavy atom. The molecular weight excluding hydrogens is 358 g/mol. The molecule has 7 nitrogen and oxygen atoms in total. The summed E-state index contributed by atoms with van der Waals surface area (Å²) in [5.74, 6) is 0.779. The lowest BCUT2D eigenvalue weighted by Crippen LogP contribution is -2.37. The number of anilines is 1. The molecule has 1 atom stereocenters. The summed E-state index contributed by atoms with van der Waals surface area (Å²) in [6, 6.07) is 5.67. The largest absolute Gasteiger partial charge is 0.490 e. The van der Waals surface area contributed by atoms with Crippen molar-refractivity contribution in [2.45, 2.75) is 38.7 Å². The molecule has 0 N–H and O–H groups in total. The van der Waals surface area contributed by atoms with Gasteiger partial charge >= 0.3 is 6.09 Å². The van der Waals surface area contributed by atoms with Gasteiger partial charge in [0.05, 0.1) is 18.8 Å². The predicted molar refractivity (Wildman–Crippen MR) is 108 cm³/mol. The van der Waals surface area contributed by atoms with Gasteiger partial charge in [-0.2, -0.15) is 0 Å². The van der Waals surface area contributed by atoms with Crippen molar-refractivity contribution in [2.24, 2.45) is 0 Å². The van der Waals surface area contributed by atoms with Crippen LogP contribution in [0.5, 0.6) is 5.75 Å². The first-order valence-corrected chi connectivity index (χ1v) is 10.2. The fourth-order valence-electron chi connectivity index (χ4n) is 4.10. The highest BCUT2D eigenvalue weighted by molar-refractivity contribution is 5.95. The van der Waals surface area contributed by atoms with Crippen molar-refractivity contribution in [3.8, 4) is 5.75 Å². The second-order valence-electron chi connectivity index (χ2n) is 7.51. The summed E-state index contributed by atoms with van der Waals surface area (Å²) in [5.41, 5.74) is 1.22. The van der Waals surface area contributed by atoms with Crippen molar-refractivity contribution in [1.29, 1.82) is 0 Å². The van der Waals surface area contributed by atoms with Crippen molar-refractivity contribution in [3.05, 3.63) is 23.8 Å². The fourth-order valence-corrected chi connectivity index (χ4v) is 4.10. The first kappa shape index (κ1) is 20.3. The first-order chi connectivity index (χ1) is 13.5. The van der Waals surface area contributed by atoms with Crippen LogP contribution < -0.4 is 9.64 Å². The SMILES string of the molecule is CC.CN1CC2(CCCN(C(=O)c3ccc4c(c3)OCCN4C)CC2)OC1=O. The maximum Gasteiger partial charge on any atom is 0.410 e. The monoisotopic (exact) mass is 389 g/mol. The third-order valence-corrected chi connectivity index (χ3v) is 5.63. The smallest absolute Gasteiger partial charge is 0.410 e. The number of carbonyl (C=O) groups excluding carboxylic acids is 2. The zero-order valence-corrected chi connectivity index (χ0v) is 17.4. The van der Waals surface area contributed by atoms with Gasteiger partial charge in [-0.1, -0.05) is 13.8 Å². The van der Waals surface area contributed by atoms with E-state index >= 15 is 0 Å². The molecule has 3 aliphatic heterocycles. The van der Waals surface area contributed by atoms with E-state index in [9.17, 15) is 9.59 Å². The molecule has 2 amide bonds. The number of benzene rings is 1. The molecular formula is C21H31N3O4. The van der Waals surface area contributed by atoms with E-state index < -0.39 is 5.60 Å². The molecule has 0 aromatic heterocycles. The molecule has 0 aliphatic carbocycles. The molecule has 1 aromatic rings. The molecule has 2 saturated heterocycles. The van der Waals surface area contributed by atoms with Crippen LogP contribution in [-0.2, 0) is 4.74 Å². The van der Waals surface area contributed by atoms with E-state index in [1.807, 2.05) is 44.0 Å². The summed E-state index contributed by atoms with van der Waals surface area (Å²) < 4.78 is 11.3. The molecule has 0 bridgehead atoms. The van der Waals surface area contributed by atoms with Crippen LogP contribution in [-0.4, -0.2) is 74.3 Å². The number of ether oxygens (including phenoxy) is 2. The molecule has 3 aliphatic rings. The van der Waals surface area contributed by atoms with Crippen molar-refractivity contribution in [3.63, 3.8) is 0 Å². The van der Waals surface area contributed by atoms with Crippen molar-refractivity contribution in [2.75, 3.05) is 51.8 Å². The quantitative estimate of drug-likeness (QED) is 0.739. The van der Waals surface area contributed by atoms with E-state index in [0.717, 1.165) is 30.8 Å². The van der Waals surface area contributed by atoms with E-state index in [0.29, 0.717) is 38.2 Å². The Hall–Kier alpha value is -2.44. The molecule has 3 heterocycles. The lowest BCUT2D eigenvalue weighted by atomic mass is 9.95. The van der Waals surface area contributed by atoms with Crippen LogP contribution >= 0.6 is 0 Å². The predicted octanol–water partition coefficient (Wildman–Crippen LogP) is 2.99. The minimum Gasteiger partial charge on any atom is -0.490 e. The van der Waals surface area contributed by atoms with Gasteiger partial charge in [-0.15, -0.1) is 0 Å². The van der Waals surface area contributed by atoms with E-state index in [2.05, 4.69) is 4.90 Å². The number of likely N-dealkylation sites (tertiary alicyclic amines) is 1. The average molecular weight is 389 g/mol. The molecule has 1 unspecified atom stereocenters. The van der Waals surface area contributed by atoms with Crippen LogP contribution in [0.25, 0.3) is 0 Å². The third-order valence-electron chi connectivity index (χ3n) is 5.63. The number of amides is 2. The number of rotatable bonds is 1. The topological polar surface area (TPSA) is 62.3 Å². The normalized spacial score (nSPS) is 24.0. The number of nitrogens with zero attached hydrogens (tertiary/aromatic N) is 3. The van der Waals surface area contributed by atoms with Crippen LogP contribution in [0, 0.1) is 0 Å². The Morgan fingerprint density at radius 3 is 2.57 bits per heavy atom. The van der Waals surface area contributed by atoms with Crippen molar-refractivity contribution < 1.29 is 19.1 Å². The van der Waals surface area contributed by atoms with E-state index in [-0.39, 0.29) is 12.0 Å². The van der Waals surface area contributed by atoms with Crippen molar-refractivity contribution in [1.82, 2.24) is 9.80 Å². The Morgan fingerprint density at radius 1 is 1.07 bits per heavy atom. The van der Waals surface area contributed by atoms with Gasteiger partial charge in [0.2, 0.25) is 0 Å². The lowest BCUT2D eigenvalue weighted by molar-refractivity contribution is 0.0438. The van der Waals surface area contributed by atoms with Crippen LogP contribution in [0.15, 0.2) is 18.2 Å². The van der Waals surface area contributed by atoms with E-state index in [1.54, 1.807) is 11.9 Å². The summed E-state index contributed by atoms with van der Waals surface area (Å²) in [6.07, 6.45) is 2.04. The molecule has 7 heteroatoms. The summed E-state index contributed by atoms with van der Waals surface area (Å²) in [4.78, 5) is 30.4. The zero-order chi connectivity index (χ0) is 20.3. The maximum absolute atomic E-state index is 13.0. The van der Waals surface area contributed by atoms with Gasteiger partial charge in [-0.25, -0.2) is 4.79 Å².